The van der Waals surface area contributed by atoms with Crippen LogP contribution < -0.4 is 5.32 Å². The van der Waals surface area contributed by atoms with Crippen molar-refractivity contribution in [3.8, 4) is 11.3 Å². The van der Waals surface area contributed by atoms with Crippen molar-refractivity contribution < 1.29 is 4.74 Å². The van der Waals surface area contributed by atoms with Crippen LogP contribution in [0.25, 0.3) is 22.3 Å². The fraction of sp³-hybridized carbons (Fsp3) is 0.278. The van der Waals surface area contributed by atoms with Crippen molar-refractivity contribution >= 4 is 28.8 Å². The summed E-state index contributed by atoms with van der Waals surface area (Å²) < 4.78 is 7.73. The molecule has 0 aliphatic carbocycles. The van der Waals surface area contributed by atoms with Gasteiger partial charge in [0.1, 0.15) is 5.52 Å². The average Bonchev–Trinajstić information content (AvgIpc) is 2.68. The maximum absolute atomic E-state index is 5.39. The minimum absolute atomic E-state index is 0.743. The molecule has 1 aliphatic rings. The standard InChI is InChI=1S/C18H19N5OS/c1-19-18-17-16(20-6-7-21-17)12-15(22-18)13-2-4-14(5-3-13)25-23-8-10-24-11-9-23/h2-7,12H,8-11H2,1H3,(H,19,22). The molecule has 0 amide bonds. The summed E-state index contributed by atoms with van der Waals surface area (Å²) in [6.07, 6.45) is 3.38. The first-order valence-corrected chi connectivity index (χ1v) is 9.01. The van der Waals surface area contributed by atoms with Crippen molar-refractivity contribution in [2.75, 3.05) is 38.7 Å². The van der Waals surface area contributed by atoms with E-state index in [1.165, 1.54) is 4.90 Å². The van der Waals surface area contributed by atoms with Gasteiger partial charge in [0.25, 0.3) is 0 Å². The van der Waals surface area contributed by atoms with Crippen molar-refractivity contribution in [1.82, 2.24) is 19.3 Å². The summed E-state index contributed by atoms with van der Waals surface area (Å²) in [6, 6.07) is 10.5. The Bertz CT molecular complexity index is 865. The summed E-state index contributed by atoms with van der Waals surface area (Å²) in [4.78, 5) is 14.7. The van der Waals surface area contributed by atoms with Crippen LogP contribution in [0.1, 0.15) is 0 Å². The van der Waals surface area contributed by atoms with Crippen LogP contribution in [0.5, 0.6) is 0 Å². The minimum atomic E-state index is 0.743. The number of fused-ring (bicyclic) bond motifs is 1. The van der Waals surface area contributed by atoms with Gasteiger partial charge in [0.05, 0.1) is 24.4 Å². The lowest BCUT2D eigenvalue weighted by Gasteiger charge is -2.25. The molecule has 1 N–H and O–H groups in total. The van der Waals surface area contributed by atoms with Crippen molar-refractivity contribution in [2.24, 2.45) is 0 Å². The SMILES string of the molecule is CNc1nc(-c2ccc(SN3CCOCC3)cc2)cc2nccnc12. The van der Waals surface area contributed by atoms with Crippen molar-refractivity contribution in [2.45, 2.75) is 4.90 Å². The third-order valence-corrected chi connectivity index (χ3v) is 5.15. The number of nitrogens with one attached hydrogen (secondary N) is 1. The van der Waals surface area contributed by atoms with E-state index in [9.17, 15) is 0 Å². The van der Waals surface area contributed by atoms with Gasteiger partial charge in [0.2, 0.25) is 0 Å². The van der Waals surface area contributed by atoms with Crippen LogP contribution in [0.3, 0.4) is 0 Å². The normalized spacial score (nSPS) is 15.4. The molecule has 0 radical (unpaired) electrons. The van der Waals surface area contributed by atoms with E-state index in [2.05, 4.69) is 48.8 Å². The number of anilines is 1. The third-order valence-electron chi connectivity index (χ3n) is 4.05. The van der Waals surface area contributed by atoms with Gasteiger partial charge >= 0.3 is 0 Å². The molecule has 0 unspecified atom stereocenters. The van der Waals surface area contributed by atoms with Crippen molar-refractivity contribution in [3.63, 3.8) is 0 Å². The third kappa shape index (κ3) is 3.58. The van der Waals surface area contributed by atoms with E-state index in [-0.39, 0.29) is 0 Å². The highest BCUT2D eigenvalue weighted by atomic mass is 32.2. The van der Waals surface area contributed by atoms with Gasteiger partial charge in [-0.05, 0) is 30.1 Å². The number of morpholine rings is 1. The molecule has 3 aromatic rings. The van der Waals surface area contributed by atoms with Gasteiger partial charge in [0, 0.05) is 43.0 Å². The average molecular weight is 353 g/mol. The number of nitrogens with zero attached hydrogens (tertiary/aromatic N) is 4. The highest BCUT2D eigenvalue weighted by Gasteiger charge is 2.12. The van der Waals surface area contributed by atoms with Gasteiger partial charge < -0.3 is 10.1 Å². The molecule has 0 spiro atoms. The summed E-state index contributed by atoms with van der Waals surface area (Å²) in [5.74, 6) is 0.743. The van der Waals surface area contributed by atoms with Gasteiger partial charge in [-0.3, -0.25) is 4.98 Å². The number of benzene rings is 1. The highest BCUT2D eigenvalue weighted by Crippen LogP contribution is 2.28. The number of pyridine rings is 1. The Balaban J connectivity index is 1.60. The second-order valence-electron chi connectivity index (χ2n) is 5.69. The Morgan fingerprint density at radius 2 is 1.84 bits per heavy atom. The predicted molar refractivity (Wildman–Crippen MR) is 101 cm³/mol. The molecular formula is C18H19N5OS. The molecule has 3 heterocycles. The number of aromatic nitrogens is 3. The minimum Gasteiger partial charge on any atom is -0.379 e. The second kappa shape index (κ2) is 7.35. The largest absolute Gasteiger partial charge is 0.379 e. The lowest BCUT2D eigenvalue weighted by molar-refractivity contribution is 0.0773. The summed E-state index contributed by atoms with van der Waals surface area (Å²) in [5.41, 5.74) is 3.58. The summed E-state index contributed by atoms with van der Waals surface area (Å²) >= 11 is 1.78. The van der Waals surface area contributed by atoms with Gasteiger partial charge in [-0.15, -0.1) is 0 Å². The van der Waals surface area contributed by atoms with Crippen LogP contribution in [0, 0.1) is 0 Å². The van der Waals surface area contributed by atoms with Gasteiger partial charge in [-0.1, -0.05) is 12.1 Å². The molecule has 128 valence electrons. The van der Waals surface area contributed by atoms with Gasteiger partial charge in [-0.25, -0.2) is 14.3 Å². The topological polar surface area (TPSA) is 63.2 Å². The zero-order chi connectivity index (χ0) is 17.1. The number of hydrogen-bond acceptors (Lipinski definition) is 7. The maximum atomic E-state index is 5.39. The Labute approximate surface area is 150 Å². The molecule has 0 atom stereocenters. The van der Waals surface area contributed by atoms with Crippen LogP contribution in [-0.4, -0.2) is 52.6 Å². The van der Waals surface area contributed by atoms with Crippen LogP contribution in [0.15, 0.2) is 47.6 Å². The van der Waals surface area contributed by atoms with Crippen LogP contribution in [-0.2, 0) is 4.74 Å². The molecule has 7 heteroatoms. The van der Waals surface area contributed by atoms with E-state index in [1.54, 1.807) is 24.3 Å². The molecule has 6 nitrogen and oxygen atoms in total. The smallest absolute Gasteiger partial charge is 0.154 e. The van der Waals surface area contributed by atoms with E-state index >= 15 is 0 Å². The highest BCUT2D eigenvalue weighted by molar-refractivity contribution is 7.97. The molecule has 1 saturated heterocycles. The molecule has 4 rings (SSSR count). The first kappa shape index (κ1) is 16.3. The molecule has 0 bridgehead atoms. The van der Waals surface area contributed by atoms with E-state index in [0.717, 1.165) is 54.4 Å². The fourth-order valence-electron chi connectivity index (χ4n) is 2.77. The van der Waals surface area contributed by atoms with Crippen LogP contribution in [0.2, 0.25) is 0 Å². The molecule has 1 aromatic carbocycles. The number of ether oxygens (including phenoxy) is 1. The first-order valence-electron chi connectivity index (χ1n) is 8.24. The quantitative estimate of drug-likeness (QED) is 0.723. The number of rotatable bonds is 4. The fourth-order valence-corrected chi connectivity index (χ4v) is 3.66. The first-order chi connectivity index (χ1) is 12.3. The molecule has 0 saturated carbocycles. The van der Waals surface area contributed by atoms with Gasteiger partial charge in [-0.2, -0.15) is 0 Å². The number of hydrogen-bond donors (Lipinski definition) is 1. The van der Waals surface area contributed by atoms with Crippen LogP contribution >= 0.6 is 11.9 Å². The molecule has 25 heavy (non-hydrogen) atoms. The lowest BCUT2D eigenvalue weighted by Crippen LogP contribution is -2.30. The molecular weight excluding hydrogens is 334 g/mol. The molecule has 2 aromatic heterocycles. The lowest BCUT2D eigenvalue weighted by atomic mass is 10.1. The van der Waals surface area contributed by atoms with Crippen LogP contribution in [0.4, 0.5) is 5.82 Å². The Hall–Kier alpha value is -2.22. The van der Waals surface area contributed by atoms with Crippen molar-refractivity contribution in [3.05, 3.63) is 42.7 Å². The molecule has 1 aliphatic heterocycles. The van der Waals surface area contributed by atoms with Gasteiger partial charge in [0.15, 0.2) is 5.82 Å². The Morgan fingerprint density at radius 3 is 2.60 bits per heavy atom. The summed E-state index contributed by atoms with van der Waals surface area (Å²) in [5, 5.41) is 3.11. The maximum Gasteiger partial charge on any atom is 0.154 e. The van der Waals surface area contributed by atoms with E-state index in [4.69, 9.17) is 4.74 Å². The Morgan fingerprint density at radius 1 is 1.08 bits per heavy atom. The molecule has 1 fully saturated rings. The summed E-state index contributed by atoms with van der Waals surface area (Å²) in [6.45, 7) is 3.53. The van der Waals surface area contributed by atoms with E-state index < -0.39 is 0 Å². The summed E-state index contributed by atoms with van der Waals surface area (Å²) in [7, 11) is 1.85. The predicted octanol–water partition coefficient (Wildman–Crippen LogP) is 3.07. The van der Waals surface area contributed by atoms with Crippen molar-refractivity contribution in [1.29, 1.82) is 0 Å². The zero-order valence-corrected chi connectivity index (χ0v) is 14.8. The van der Waals surface area contributed by atoms with E-state index in [1.807, 2.05) is 13.1 Å². The zero-order valence-electron chi connectivity index (χ0n) is 14.0. The second-order valence-corrected chi connectivity index (χ2v) is 6.86. The monoisotopic (exact) mass is 353 g/mol. The van der Waals surface area contributed by atoms with E-state index in [0.29, 0.717) is 0 Å². The Kier molecular flexibility index (Phi) is 4.78.